The smallest absolute Gasteiger partial charge is 0.123 e. The molecule has 2 nitrogen and oxygen atoms in total. The van der Waals surface area contributed by atoms with E-state index in [4.69, 9.17) is 0 Å². The topological polar surface area (TPSA) is 40.5 Å². The molecule has 2 aromatic carbocycles. The molecule has 4 saturated carbocycles. The Morgan fingerprint density at radius 2 is 0.914 bits per heavy atom. The monoisotopic (exact) mass is 630 g/mol. The Bertz CT molecular complexity index is 852. The van der Waals surface area contributed by atoms with Crippen molar-refractivity contribution in [3.8, 4) is 22.6 Å². The molecule has 0 amide bonds. The predicted molar refractivity (Wildman–Crippen MR) is 138 cm³/mol. The van der Waals surface area contributed by atoms with Crippen LogP contribution in [0.5, 0.6) is 11.5 Å². The Hall–Kier alpha value is -1.09. The van der Waals surface area contributed by atoms with Crippen molar-refractivity contribution in [1.29, 1.82) is 0 Å². The zero-order valence-corrected chi connectivity index (χ0v) is 24.0. The van der Waals surface area contributed by atoms with Gasteiger partial charge in [0.2, 0.25) is 0 Å². The second-order valence-corrected chi connectivity index (χ2v) is 9.67. The van der Waals surface area contributed by atoms with E-state index in [-0.39, 0.29) is 37.3 Å². The molecule has 0 spiro atoms. The van der Waals surface area contributed by atoms with Crippen molar-refractivity contribution < 1.29 is 36.1 Å². The minimum absolute atomic E-state index is 0. The summed E-state index contributed by atoms with van der Waals surface area (Å²) >= 11 is 0. The standard InChI is InChI=1S/C20H24.C12H10O2.Hf/c1-3-7-19-15(5-1)9-11-17(19)13-14-18-12-10-16-6-2-4-8-20(16)18;13-11-7-3-1-5-9(11)10-6-2-4-8-12(10)14;/h9-12H,1-8,13-14H2;1-8,13-14H;. The van der Waals surface area contributed by atoms with Gasteiger partial charge >= 0.3 is 0 Å². The summed E-state index contributed by atoms with van der Waals surface area (Å²) in [6.45, 7) is 0. The second kappa shape index (κ2) is 12.9. The maximum absolute atomic E-state index is 9.58. The van der Waals surface area contributed by atoms with Crippen LogP contribution < -0.4 is 0 Å². The van der Waals surface area contributed by atoms with Crippen molar-refractivity contribution in [2.75, 3.05) is 0 Å². The number of benzene rings is 2. The SMILES string of the molecule is Oc1ccccc1-c1ccccc1O.[CH]1[CH][C](CC[C]2[CH][CH][C]3CCCC[C]32)[C]2CCCC[C]12.[Hf]. The largest absolute Gasteiger partial charge is 0.507 e. The quantitative estimate of drug-likeness (QED) is 0.337. The van der Waals surface area contributed by atoms with E-state index in [1.165, 1.54) is 64.2 Å². The van der Waals surface area contributed by atoms with Crippen LogP contribution in [0.3, 0.4) is 0 Å². The molecule has 2 aromatic rings. The first-order chi connectivity index (χ1) is 16.7. The van der Waals surface area contributed by atoms with Gasteiger partial charge in [0.25, 0.3) is 0 Å². The summed E-state index contributed by atoms with van der Waals surface area (Å²) in [6, 6.07) is 13.9. The van der Waals surface area contributed by atoms with Crippen molar-refractivity contribution >= 4 is 0 Å². The fourth-order valence-corrected chi connectivity index (χ4v) is 5.70. The van der Waals surface area contributed by atoms with Crippen molar-refractivity contribution in [2.45, 2.75) is 64.2 Å². The number of fused-ring (bicyclic) bond motifs is 2. The molecule has 0 unspecified atom stereocenters. The molecular formula is C32H34HfO2. The third-order valence-corrected chi connectivity index (χ3v) is 7.53. The number of aromatic hydroxyl groups is 2. The molecule has 4 aliphatic rings. The molecule has 4 fully saturated rings. The van der Waals surface area contributed by atoms with Gasteiger partial charge in [-0.05, 0) is 112 Å². The van der Waals surface area contributed by atoms with Gasteiger partial charge in [0.15, 0.2) is 0 Å². The maximum atomic E-state index is 9.58. The molecule has 0 aliphatic heterocycles. The first kappa shape index (κ1) is 27.0. The van der Waals surface area contributed by atoms with E-state index in [1.54, 1.807) is 71.9 Å². The Kier molecular flexibility index (Phi) is 9.96. The fraction of sp³-hybridized carbons (Fsp3) is 0.312. The van der Waals surface area contributed by atoms with Crippen molar-refractivity contribution in [2.24, 2.45) is 0 Å². The molecule has 35 heavy (non-hydrogen) atoms. The molecule has 0 bridgehead atoms. The van der Waals surface area contributed by atoms with Gasteiger partial charge in [-0.15, -0.1) is 0 Å². The Morgan fingerprint density at radius 1 is 0.514 bits per heavy atom. The van der Waals surface area contributed by atoms with Crippen LogP contribution in [0.15, 0.2) is 48.5 Å². The molecular weight excluding hydrogens is 595 g/mol. The molecule has 10 radical (unpaired) electrons. The van der Waals surface area contributed by atoms with Crippen molar-refractivity contribution in [3.05, 3.63) is 110 Å². The van der Waals surface area contributed by atoms with E-state index in [9.17, 15) is 10.2 Å². The maximum Gasteiger partial charge on any atom is 0.123 e. The number of para-hydroxylation sites is 2. The summed E-state index contributed by atoms with van der Waals surface area (Å²) in [7, 11) is 0. The normalized spacial score (nSPS) is 22.2. The number of phenolic OH excluding ortho intramolecular Hbond substituents is 2. The number of rotatable bonds is 4. The molecule has 0 saturated heterocycles. The van der Waals surface area contributed by atoms with E-state index in [2.05, 4.69) is 25.7 Å². The average Bonchev–Trinajstić information content (AvgIpc) is 3.48. The average molecular weight is 629 g/mol. The molecule has 0 atom stereocenters. The number of phenols is 2. The molecule has 3 heteroatoms. The predicted octanol–water partition coefficient (Wildman–Crippen LogP) is 7.97. The summed E-state index contributed by atoms with van der Waals surface area (Å²) in [5, 5.41) is 19.2. The van der Waals surface area contributed by atoms with E-state index in [0.717, 1.165) is 0 Å². The van der Waals surface area contributed by atoms with Gasteiger partial charge in [-0.25, -0.2) is 0 Å². The van der Waals surface area contributed by atoms with Crippen LogP contribution in [0, 0.1) is 61.2 Å². The van der Waals surface area contributed by atoms with Gasteiger partial charge in [-0.3, -0.25) is 0 Å². The van der Waals surface area contributed by atoms with Crippen LogP contribution in [-0.4, -0.2) is 10.2 Å². The summed E-state index contributed by atoms with van der Waals surface area (Å²) in [4.78, 5) is 0. The van der Waals surface area contributed by atoms with Crippen LogP contribution in [0.1, 0.15) is 64.2 Å². The summed E-state index contributed by atoms with van der Waals surface area (Å²) in [6.07, 6.45) is 23.0. The summed E-state index contributed by atoms with van der Waals surface area (Å²) in [5.41, 5.74) is 1.29. The molecule has 178 valence electrons. The Balaban J connectivity index is 0.000000171. The Labute approximate surface area is 231 Å². The van der Waals surface area contributed by atoms with Gasteiger partial charge < -0.3 is 10.2 Å². The van der Waals surface area contributed by atoms with Gasteiger partial charge in [-0.2, -0.15) is 0 Å². The Morgan fingerprint density at radius 3 is 1.34 bits per heavy atom. The molecule has 0 aromatic heterocycles. The molecule has 4 aliphatic carbocycles. The zero-order valence-electron chi connectivity index (χ0n) is 20.4. The number of hydrogen-bond acceptors (Lipinski definition) is 2. The molecule has 2 N–H and O–H groups in total. The summed E-state index contributed by atoms with van der Waals surface area (Å²) < 4.78 is 0. The third-order valence-electron chi connectivity index (χ3n) is 7.53. The number of hydrogen-bond donors (Lipinski definition) is 2. The van der Waals surface area contributed by atoms with Crippen LogP contribution >= 0.6 is 0 Å². The van der Waals surface area contributed by atoms with Crippen LogP contribution in [0.4, 0.5) is 0 Å². The second-order valence-electron chi connectivity index (χ2n) is 9.67. The van der Waals surface area contributed by atoms with E-state index in [0.29, 0.717) is 11.1 Å². The van der Waals surface area contributed by atoms with E-state index < -0.39 is 0 Å². The van der Waals surface area contributed by atoms with E-state index in [1.807, 2.05) is 12.1 Å². The van der Waals surface area contributed by atoms with E-state index >= 15 is 0 Å². The first-order valence-corrected chi connectivity index (χ1v) is 12.8. The minimum Gasteiger partial charge on any atom is -0.507 e. The molecule has 6 rings (SSSR count). The molecule has 0 heterocycles. The van der Waals surface area contributed by atoms with Gasteiger partial charge in [0.05, 0.1) is 0 Å². The summed E-state index contributed by atoms with van der Waals surface area (Å²) in [5.74, 6) is 10.3. The first-order valence-electron chi connectivity index (χ1n) is 12.8. The fourth-order valence-electron chi connectivity index (χ4n) is 5.70. The zero-order chi connectivity index (χ0) is 23.3. The van der Waals surface area contributed by atoms with Crippen molar-refractivity contribution in [1.82, 2.24) is 0 Å². The van der Waals surface area contributed by atoms with Gasteiger partial charge in [0.1, 0.15) is 11.5 Å². The van der Waals surface area contributed by atoms with Crippen LogP contribution in [0.25, 0.3) is 11.1 Å². The van der Waals surface area contributed by atoms with Crippen LogP contribution in [-0.2, 0) is 25.8 Å². The van der Waals surface area contributed by atoms with Gasteiger partial charge in [0, 0.05) is 37.0 Å². The van der Waals surface area contributed by atoms with Crippen molar-refractivity contribution in [3.63, 3.8) is 0 Å². The van der Waals surface area contributed by atoms with Gasteiger partial charge in [-0.1, -0.05) is 62.1 Å². The van der Waals surface area contributed by atoms with Crippen LogP contribution in [0.2, 0.25) is 0 Å². The third kappa shape index (κ3) is 6.43. The minimum atomic E-state index is 0.